The van der Waals surface area contributed by atoms with Crippen LogP contribution in [-0.4, -0.2) is 38.8 Å². The number of sulfonamides is 1. The number of amides is 1. The van der Waals surface area contributed by atoms with Crippen molar-refractivity contribution in [1.82, 2.24) is 4.72 Å². The van der Waals surface area contributed by atoms with E-state index >= 15 is 0 Å². The van der Waals surface area contributed by atoms with E-state index in [0.717, 1.165) is 5.56 Å². The molecule has 0 radical (unpaired) electrons. The van der Waals surface area contributed by atoms with Crippen LogP contribution in [0.5, 0.6) is 0 Å². The van der Waals surface area contributed by atoms with Crippen LogP contribution in [0.15, 0.2) is 58.4 Å². The molecule has 0 aliphatic carbocycles. The predicted octanol–water partition coefficient (Wildman–Crippen LogP) is 2.38. The lowest BCUT2D eigenvalue weighted by Gasteiger charge is -2.14. The van der Waals surface area contributed by atoms with E-state index in [1.54, 1.807) is 24.3 Å². The Kier molecular flexibility index (Phi) is 6.51. The molecule has 1 heterocycles. The summed E-state index contributed by atoms with van der Waals surface area (Å²) >= 11 is 0. The van der Waals surface area contributed by atoms with Crippen LogP contribution in [0.3, 0.4) is 0 Å². The van der Waals surface area contributed by atoms with E-state index in [1.165, 1.54) is 13.0 Å². The summed E-state index contributed by atoms with van der Waals surface area (Å²) in [5, 5.41) is 2.73. The molecule has 1 aliphatic rings. The van der Waals surface area contributed by atoms with Crippen molar-refractivity contribution in [3.63, 3.8) is 0 Å². The van der Waals surface area contributed by atoms with Gasteiger partial charge in [0.1, 0.15) is 5.84 Å². The smallest absolute Gasteiger partial charge is 0.306 e. The van der Waals surface area contributed by atoms with Crippen molar-refractivity contribution in [3.05, 3.63) is 59.7 Å². The number of hydrogen-bond acceptors (Lipinski definition) is 6. The van der Waals surface area contributed by atoms with Crippen molar-refractivity contribution in [2.45, 2.75) is 37.7 Å². The molecule has 0 fully saturated rings. The van der Waals surface area contributed by atoms with E-state index in [4.69, 9.17) is 4.74 Å². The number of esters is 1. The molecular weight excluding hydrogens is 406 g/mol. The average molecular weight is 429 g/mol. The van der Waals surface area contributed by atoms with E-state index in [1.807, 2.05) is 25.1 Å². The molecule has 9 heteroatoms. The van der Waals surface area contributed by atoms with Crippen LogP contribution < -0.4 is 10.0 Å². The van der Waals surface area contributed by atoms with E-state index in [0.29, 0.717) is 17.7 Å². The number of nitrogens with one attached hydrogen (secondary N) is 2. The molecule has 158 valence electrons. The van der Waals surface area contributed by atoms with E-state index in [9.17, 15) is 18.0 Å². The zero-order valence-electron chi connectivity index (χ0n) is 16.7. The van der Waals surface area contributed by atoms with Gasteiger partial charge in [-0.25, -0.2) is 8.42 Å². The summed E-state index contributed by atoms with van der Waals surface area (Å²) in [6.45, 7) is 3.62. The average Bonchev–Trinajstić information content (AvgIpc) is 2.97. The third kappa shape index (κ3) is 5.04. The first kappa shape index (κ1) is 21.5. The number of para-hydroxylation sites is 1. The SMILES string of the molecule is Cc1ccccc1NC(=O)[C@@H](C)OC(=O)CCCN=C1NS(=O)(=O)c2ccccc21. The van der Waals surface area contributed by atoms with Gasteiger partial charge in [-0.3, -0.25) is 19.3 Å². The highest BCUT2D eigenvalue weighted by molar-refractivity contribution is 7.90. The zero-order chi connectivity index (χ0) is 21.7. The molecule has 1 aliphatic heterocycles. The molecule has 8 nitrogen and oxygen atoms in total. The van der Waals surface area contributed by atoms with E-state index in [2.05, 4.69) is 15.0 Å². The Hall–Kier alpha value is -3.20. The van der Waals surface area contributed by atoms with E-state index < -0.39 is 28.0 Å². The summed E-state index contributed by atoms with van der Waals surface area (Å²) in [7, 11) is -3.58. The number of rotatable bonds is 7. The highest BCUT2D eigenvalue weighted by Crippen LogP contribution is 2.22. The quantitative estimate of drug-likeness (QED) is 0.518. The topological polar surface area (TPSA) is 114 Å². The van der Waals surface area contributed by atoms with Crippen molar-refractivity contribution < 1.29 is 22.7 Å². The molecule has 0 saturated carbocycles. The monoisotopic (exact) mass is 429 g/mol. The van der Waals surface area contributed by atoms with Gasteiger partial charge in [-0.15, -0.1) is 0 Å². The summed E-state index contributed by atoms with van der Waals surface area (Å²) in [5.74, 6) is -0.658. The fraction of sp³-hybridized carbons (Fsp3) is 0.286. The van der Waals surface area contributed by atoms with Crippen LogP contribution in [0, 0.1) is 6.92 Å². The Morgan fingerprint density at radius 1 is 1.13 bits per heavy atom. The summed E-state index contributed by atoms with van der Waals surface area (Å²) in [4.78, 5) is 28.7. The van der Waals surface area contributed by atoms with Gasteiger partial charge in [-0.05, 0) is 44.0 Å². The van der Waals surface area contributed by atoms with Crippen molar-refractivity contribution in [1.29, 1.82) is 0 Å². The minimum atomic E-state index is -3.58. The van der Waals surface area contributed by atoms with Crippen LogP contribution in [-0.2, 0) is 24.3 Å². The van der Waals surface area contributed by atoms with Crippen LogP contribution in [0.25, 0.3) is 0 Å². The summed E-state index contributed by atoms with van der Waals surface area (Å²) in [6, 6.07) is 13.9. The van der Waals surface area contributed by atoms with Crippen molar-refractivity contribution in [3.8, 4) is 0 Å². The molecule has 30 heavy (non-hydrogen) atoms. The van der Waals surface area contributed by atoms with Crippen LogP contribution in [0.2, 0.25) is 0 Å². The molecule has 0 unspecified atom stereocenters. The van der Waals surface area contributed by atoms with Crippen LogP contribution >= 0.6 is 0 Å². The summed E-state index contributed by atoms with van der Waals surface area (Å²) in [6.07, 6.45) is -0.511. The van der Waals surface area contributed by atoms with Gasteiger partial charge in [0.25, 0.3) is 15.9 Å². The molecule has 2 N–H and O–H groups in total. The van der Waals surface area contributed by atoms with Crippen LogP contribution in [0.4, 0.5) is 5.69 Å². The summed E-state index contributed by atoms with van der Waals surface area (Å²) in [5.41, 5.74) is 2.09. The predicted molar refractivity (Wildman–Crippen MR) is 113 cm³/mol. The number of ether oxygens (including phenoxy) is 1. The molecule has 1 atom stereocenters. The van der Waals surface area contributed by atoms with Crippen molar-refractivity contribution >= 4 is 33.4 Å². The standard InChI is InChI=1S/C21H23N3O5S/c1-14-8-3-5-10-17(14)23-21(26)15(2)29-19(25)12-7-13-22-20-16-9-4-6-11-18(16)30(27,28)24-20/h3-6,8-11,15H,7,12-13H2,1-2H3,(H,22,24)(H,23,26)/t15-/m1/s1. The Balaban J connectivity index is 1.47. The second kappa shape index (κ2) is 9.08. The Bertz CT molecular complexity index is 1100. The first-order chi connectivity index (χ1) is 14.3. The minimum Gasteiger partial charge on any atom is -0.453 e. The largest absolute Gasteiger partial charge is 0.453 e. The van der Waals surface area contributed by atoms with Gasteiger partial charge in [0.2, 0.25) is 0 Å². The molecule has 0 saturated heterocycles. The van der Waals surface area contributed by atoms with Crippen molar-refractivity contribution in [2.75, 3.05) is 11.9 Å². The molecule has 0 spiro atoms. The maximum Gasteiger partial charge on any atom is 0.306 e. The highest BCUT2D eigenvalue weighted by atomic mass is 32.2. The molecule has 2 aromatic rings. The number of amidine groups is 1. The Morgan fingerprint density at radius 3 is 2.60 bits per heavy atom. The van der Waals surface area contributed by atoms with Gasteiger partial charge in [-0.1, -0.05) is 30.3 Å². The van der Waals surface area contributed by atoms with Gasteiger partial charge >= 0.3 is 5.97 Å². The fourth-order valence-corrected chi connectivity index (χ4v) is 4.17. The molecule has 1 amide bonds. The highest BCUT2D eigenvalue weighted by Gasteiger charge is 2.29. The van der Waals surface area contributed by atoms with E-state index in [-0.39, 0.29) is 23.7 Å². The number of anilines is 1. The number of aliphatic imine (C=N–C) groups is 1. The van der Waals surface area contributed by atoms with Gasteiger partial charge in [-0.2, -0.15) is 0 Å². The molecule has 3 rings (SSSR count). The number of aryl methyl sites for hydroxylation is 1. The molecule has 0 aromatic heterocycles. The third-order valence-electron chi connectivity index (χ3n) is 4.55. The maximum absolute atomic E-state index is 12.2. The summed E-state index contributed by atoms with van der Waals surface area (Å²) < 4.78 is 31.7. The minimum absolute atomic E-state index is 0.0627. The van der Waals surface area contributed by atoms with Crippen LogP contribution in [0.1, 0.15) is 30.9 Å². The number of nitrogens with zero attached hydrogens (tertiary/aromatic N) is 1. The lowest BCUT2D eigenvalue weighted by Crippen LogP contribution is -2.30. The Morgan fingerprint density at radius 2 is 1.83 bits per heavy atom. The van der Waals surface area contributed by atoms with Crippen molar-refractivity contribution in [2.24, 2.45) is 4.99 Å². The van der Waals surface area contributed by atoms with Gasteiger partial charge < -0.3 is 10.1 Å². The number of benzene rings is 2. The second-order valence-electron chi connectivity index (χ2n) is 6.87. The number of carbonyl (C=O) groups excluding carboxylic acids is 2. The first-order valence-corrected chi connectivity index (χ1v) is 11.0. The normalized spacial score (nSPS) is 16.4. The van der Waals surface area contributed by atoms with Gasteiger partial charge in [0.05, 0.1) is 4.90 Å². The first-order valence-electron chi connectivity index (χ1n) is 9.50. The van der Waals surface area contributed by atoms with Gasteiger partial charge in [0.15, 0.2) is 6.10 Å². The number of carbonyl (C=O) groups is 2. The fourth-order valence-electron chi connectivity index (χ4n) is 2.92. The number of fused-ring (bicyclic) bond motifs is 1. The molecular formula is C21H23N3O5S. The number of hydrogen-bond donors (Lipinski definition) is 2. The molecule has 2 aromatic carbocycles. The third-order valence-corrected chi connectivity index (χ3v) is 5.95. The lowest BCUT2D eigenvalue weighted by atomic mass is 10.2. The maximum atomic E-state index is 12.2. The molecule has 0 bridgehead atoms. The Labute approximate surface area is 175 Å². The lowest BCUT2D eigenvalue weighted by molar-refractivity contribution is -0.153. The second-order valence-corrected chi connectivity index (χ2v) is 8.52. The van der Waals surface area contributed by atoms with Gasteiger partial charge in [0, 0.05) is 24.2 Å². The zero-order valence-corrected chi connectivity index (χ0v) is 17.5.